The summed E-state index contributed by atoms with van der Waals surface area (Å²) in [7, 11) is 1.31. The van der Waals surface area contributed by atoms with Crippen molar-refractivity contribution in [3.63, 3.8) is 0 Å². The Hall–Kier alpha value is -0.528. The summed E-state index contributed by atoms with van der Waals surface area (Å²) in [5, 5.41) is 5.47. The van der Waals surface area contributed by atoms with Crippen molar-refractivity contribution in [3.8, 4) is 0 Å². The van der Waals surface area contributed by atoms with E-state index in [9.17, 15) is 0 Å². The first-order chi connectivity index (χ1) is 5.35. The molecule has 0 fully saturated rings. The molecule has 0 aromatic heterocycles. The van der Waals surface area contributed by atoms with Crippen molar-refractivity contribution in [2.24, 2.45) is 10.2 Å². The molecule has 12 heavy (non-hydrogen) atoms. The van der Waals surface area contributed by atoms with Crippen LogP contribution in [-0.2, 0) is 0 Å². The van der Waals surface area contributed by atoms with Gasteiger partial charge in [-0.2, -0.15) is 0 Å². The molecule has 0 unspecified atom stereocenters. The number of nitrogens with zero attached hydrogens (tertiary/aromatic N) is 4. The van der Waals surface area contributed by atoms with Crippen LogP contribution in [0.15, 0.2) is 40.6 Å². The van der Waals surface area contributed by atoms with Crippen molar-refractivity contribution in [1.82, 2.24) is 0 Å². The van der Waals surface area contributed by atoms with Gasteiger partial charge in [0.2, 0.25) is 0 Å². The number of benzene rings is 1. The maximum atomic E-state index is 8.16. The van der Waals surface area contributed by atoms with Gasteiger partial charge in [-0.15, -0.1) is 0 Å². The average molecular weight is 386 g/mol. The van der Waals surface area contributed by atoms with Gasteiger partial charge in [0, 0.05) is 12.7 Å². The Morgan fingerprint density at radius 3 is 1.75 bits per heavy atom. The van der Waals surface area contributed by atoms with Crippen LogP contribution in [0.2, 0.25) is 0 Å². The summed E-state index contributed by atoms with van der Waals surface area (Å²) in [5.74, 6) is 0. The van der Waals surface area contributed by atoms with Crippen LogP contribution in [0, 0.1) is 31.1 Å². The predicted octanol–water partition coefficient (Wildman–Crippen LogP) is 2.98. The smallest absolute Gasteiger partial charge is 0.712 e. The SMILES string of the molecule is CN=[N-].[N-]=Nc1ccccc1.[U+2]. The van der Waals surface area contributed by atoms with Crippen LogP contribution in [0.3, 0.4) is 0 Å². The largest absolute Gasteiger partial charge is 2.00 e. The molecule has 1 aromatic carbocycles. The molecule has 4 nitrogen and oxygen atoms in total. The summed E-state index contributed by atoms with van der Waals surface area (Å²) in [6.45, 7) is 0. The van der Waals surface area contributed by atoms with Gasteiger partial charge in [-0.3, -0.25) is 0 Å². The Morgan fingerprint density at radius 2 is 1.50 bits per heavy atom. The maximum Gasteiger partial charge on any atom is 2.00 e. The number of rotatable bonds is 1. The van der Waals surface area contributed by atoms with Gasteiger partial charge in [-0.1, -0.05) is 18.2 Å². The summed E-state index contributed by atoms with van der Waals surface area (Å²) < 4.78 is 0. The molecule has 5 heteroatoms. The third kappa shape index (κ3) is 7.58. The van der Waals surface area contributed by atoms with E-state index < -0.39 is 0 Å². The normalized spacial score (nSPS) is 6.75. The average Bonchev–Trinajstić information content (AvgIpc) is 2.08. The second-order valence-corrected chi connectivity index (χ2v) is 1.64. The first-order valence-corrected chi connectivity index (χ1v) is 2.98. The fourth-order valence-corrected chi connectivity index (χ4v) is 0.495. The molecule has 0 aliphatic rings. The molecule has 0 saturated heterocycles. The fourth-order valence-electron chi connectivity index (χ4n) is 0.495. The van der Waals surface area contributed by atoms with Crippen molar-refractivity contribution in [2.45, 2.75) is 0 Å². The van der Waals surface area contributed by atoms with Crippen molar-refractivity contribution in [2.75, 3.05) is 7.05 Å². The molecule has 0 atom stereocenters. The quantitative estimate of drug-likeness (QED) is 0.666. The minimum Gasteiger partial charge on any atom is -0.712 e. The molecule has 1 aromatic rings. The van der Waals surface area contributed by atoms with E-state index in [1.165, 1.54) is 7.05 Å². The zero-order valence-corrected chi connectivity index (χ0v) is 10.8. The van der Waals surface area contributed by atoms with Crippen LogP contribution >= 0.6 is 0 Å². The molecule has 0 aliphatic heterocycles. The Kier molecular flexibility index (Phi) is 12.2. The minimum absolute atomic E-state index is 0. The molecule has 60 valence electrons. The van der Waals surface area contributed by atoms with Crippen molar-refractivity contribution >= 4 is 5.69 Å². The molecule has 0 amide bonds. The zero-order valence-electron chi connectivity index (χ0n) is 6.68. The fraction of sp³-hybridized carbons (Fsp3) is 0.143. The second kappa shape index (κ2) is 10.5. The van der Waals surface area contributed by atoms with Crippen molar-refractivity contribution in [3.05, 3.63) is 41.4 Å². The predicted molar refractivity (Wildman–Crippen MR) is 43.6 cm³/mol. The standard InChI is InChI=1S/C6H5N2.CH3N2.U/c7-8-6-4-2-1-3-5-6;1-3-2;/h1-5H;1H3;/q2*-1;+2. The van der Waals surface area contributed by atoms with E-state index in [4.69, 9.17) is 11.1 Å². The summed E-state index contributed by atoms with van der Waals surface area (Å²) >= 11 is 0. The van der Waals surface area contributed by atoms with Gasteiger partial charge < -0.3 is 21.3 Å². The van der Waals surface area contributed by atoms with Crippen LogP contribution in [-0.4, -0.2) is 7.05 Å². The van der Waals surface area contributed by atoms with Crippen LogP contribution < -0.4 is 0 Å². The van der Waals surface area contributed by atoms with Gasteiger partial charge in [0.1, 0.15) is 0 Å². The van der Waals surface area contributed by atoms with E-state index >= 15 is 0 Å². The molecule has 0 N–H and O–H groups in total. The summed E-state index contributed by atoms with van der Waals surface area (Å²) in [6, 6.07) is 8.94. The monoisotopic (exact) mass is 386 g/mol. The Balaban J connectivity index is 0. The third-order valence-corrected chi connectivity index (χ3v) is 0.872. The van der Waals surface area contributed by atoms with Gasteiger partial charge in [0.15, 0.2) is 0 Å². The molecule has 0 spiro atoms. The summed E-state index contributed by atoms with van der Waals surface area (Å²) in [4.78, 5) is 0. The zero-order chi connectivity index (χ0) is 8.53. The van der Waals surface area contributed by atoms with E-state index in [2.05, 4.69) is 10.2 Å². The number of hydrogen-bond donors (Lipinski definition) is 0. The van der Waals surface area contributed by atoms with E-state index in [1.54, 1.807) is 12.1 Å². The van der Waals surface area contributed by atoms with Crippen molar-refractivity contribution in [1.29, 1.82) is 0 Å². The Labute approximate surface area is 95.2 Å². The van der Waals surface area contributed by atoms with Crippen LogP contribution in [0.25, 0.3) is 11.1 Å². The molecule has 0 radical (unpaired) electrons. The van der Waals surface area contributed by atoms with E-state index in [0.717, 1.165) is 0 Å². The molecule has 0 heterocycles. The summed E-state index contributed by atoms with van der Waals surface area (Å²) in [5.41, 5.74) is 15.9. The van der Waals surface area contributed by atoms with E-state index in [0.29, 0.717) is 5.69 Å². The molecule has 0 saturated carbocycles. The van der Waals surface area contributed by atoms with Gasteiger partial charge in [-0.05, 0) is 12.1 Å². The topological polar surface area (TPSA) is 69.3 Å². The first-order valence-electron chi connectivity index (χ1n) is 2.98. The van der Waals surface area contributed by atoms with Gasteiger partial charge in [0.05, 0.1) is 0 Å². The molecular formula is C7H8N4U. The number of hydrogen-bond acceptors (Lipinski definition) is 2. The van der Waals surface area contributed by atoms with Gasteiger partial charge in [-0.25, -0.2) is 0 Å². The molecule has 1 rings (SSSR count). The van der Waals surface area contributed by atoms with E-state index in [-0.39, 0.29) is 31.1 Å². The maximum absolute atomic E-state index is 8.16. The molecule has 0 aliphatic carbocycles. The minimum atomic E-state index is 0. The first kappa shape index (κ1) is 14.0. The Bertz CT molecular complexity index is 212. The molecular weight excluding hydrogens is 378 g/mol. The van der Waals surface area contributed by atoms with Crippen molar-refractivity contribution < 1.29 is 31.1 Å². The second-order valence-electron chi connectivity index (χ2n) is 1.64. The van der Waals surface area contributed by atoms with Crippen LogP contribution in [0.4, 0.5) is 5.69 Å². The van der Waals surface area contributed by atoms with Gasteiger partial charge in [0.25, 0.3) is 0 Å². The summed E-state index contributed by atoms with van der Waals surface area (Å²) in [6.07, 6.45) is 0. The Morgan fingerprint density at radius 1 is 1.08 bits per heavy atom. The molecule has 0 bridgehead atoms. The van der Waals surface area contributed by atoms with E-state index in [1.807, 2.05) is 18.2 Å². The van der Waals surface area contributed by atoms with Crippen LogP contribution in [0.1, 0.15) is 0 Å². The third-order valence-electron chi connectivity index (χ3n) is 0.872. The van der Waals surface area contributed by atoms with Gasteiger partial charge >= 0.3 is 31.1 Å². The van der Waals surface area contributed by atoms with Crippen LogP contribution in [0.5, 0.6) is 0 Å².